The molecule has 6 heteroatoms. The number of morpholine rings is 1. The van der Waals surface area contributed by atoms with Gasteiger partial charge in [0.2, 0.25) is 5.91 Å². The molecule has 0 spiro atoms. The Kier molecular flexibility index (Phi) is 4.89. The Morgan fingerprint density at radius 1 is 1.41 bits per heavy atom. The second-order valence-corrected chi connectivity index (χ2v) is 4.54. The second-order valence-electron chi connectivity index (χ2n) is 4.54. The van der Waals surface area contributed by atoms with E-state index in [1.54, 1.807) is 4.90 Å². The van der Waals surface area contributed by atoms with Crippen LogP contribution >= 0.6 is 0 Å². The molecule has 0 aromatic heterocycles. The van der Waals surface area contributed by atoms with E-state index in [9.17, 15) is 9.59 Å². The lowest BCUT2D eigenvalue weighted by molar-refractivity contribution is -0.145. The van der Waals surface area contributed by atoms with Crippen LogP contribution in [0.15, 0.2) is 0 Å². The number of carbonyl (C=O) groups excluding carboxylic acids is 1. The molecule has 6 nitrogen and oxygen atoms in total. The summed E-state index contributed by atoms with van der Waals surface area (Å²) in [6.45, 7) is 4.84. The van der Waals surface area contributed by atoms with Gasteiger partial charge in [0.15, 0.2) is 0 Å². The van der Waals surface area contributed by atoms with Crippen LogP contribution in [0.25, 0.3) is 0 Å². The van der Waals surface area contributed by atoms with Crippen LogP contribution in [0.4, 0.5) is 0 Å². The lowest BCUT2D eigenvalue weighted by Crippen LogP contribution is -2.53. The van der Waals surface area contributed by atoms with Gasteiger partial charge in [0.1, 0.15) is 0 Å². The van der Waals surface area contributed by atoms with Gasteiger partial charge in [0.05, 0.1) is 18.2 Å². The number of nitrogens with zero attached hydrogens (tertiary/aromatic N) is 1. The Morgan fingerprint density at radius 3 is 2.41 bits per heavy atom. The maximum absolute atomic E-state index is 12.0. The Bertz CT molecular complexity index is 285. The minimum atomic E-state index is -0.933. The van der Waals surface area contributed by atoms with Crippen molar-refractivity contribution >= 4 is 11.9 Å². The first kappa shape index (κ1) is 13.9. The molecular formula is C11H20N2O4. The van der Waals surface area contributed by atoms with Crippen molar-refractivity contribution in [3.63, 3.8) is 0 Å². The number of hydrogen-bond acceptors (Lipinski definition) is 4. The van der Waals surface area contributed by atoms with E-state index in [2.05, 4.69) is 0 Å². The summed E-state index contributed by atoms with van der Waals surface area (Å²) in [7, 11) is 0. The predicted molar refractivity (Wildman–Crippen MR) is 61.4 cm³/mol. The topological polar surface area (TPSA) is 92.9 Å². The van der Waals surface area contributed by atoms with E-state index in [0.29, 0.717) is 13.1 Å². The zero-order valence-electron chi connectivity index (χ0n) is 10.3. The molecule has 0 bridgehead atoms. The number of aliphatic carboxylic acids is 1. The zero-order chi connectivity index (χ0) is 13.0. The van der Waals surface area contributed by atoms with E-state index in [4.69, 9.17) is 15.6 Å². The van der Waals surface area contributed by atoms with Gasteiger partial charge in [-0.25, -0.2) is 0 Å². The molecule has 0 aromatic carbocycles. The van der Waals surface area contributed by atoms with Crippen LogP contribution in [0.5, 0.6) is 0 Å². The largest absolute Gasteiger partial charge is 0.481 e. The molecule has 0 saturated carbocycles. The summed E-state index contributed by atoms with van der Waals surface area (Å²) >= 11 is 0. The molecule has 3 unspecified atom stereocenters. The third kappa shape index (κ3) is 4.32. The fraction of sp³-hybridized carbons (Fsp3) is 0.818. The SMILES string of the molecule is CC1CN(C(=O)C(N)CCC(=O)O)CC(C)O1. The van der Waals surface area contributed by atoms with Crippen LogP contribution in [-0.4, -0.2) is 53.2 Å². The third-order valence-corrected chi connectivity index (χ3v) is 2.72. The predicted octanol–water partition coefficient (Wildman–Crippen LogP) is -0.186. The van der Waals surface area contributed by atoms with E-state index < -0.39 is 12.0 Å². The van der Waals surface area contributed by atoms with Crippen molar-refractivity contribution in [2.24, 2.45) is 5.73 Å². The molecule has 1 amide bonds. The molecule has 1 saturated heterocycles. The molecule has 0 aromatic rings. The minimum Gasteiger partial charge on any atom is -0.481 e. The molecule has 0 radical (unpaired) electrons. The molecule has 1 aliphatic rings. The zero-order valence-corrected chi connectivity index (χ0v) is 10.3. The van der Waals surface area contributed by atoms with E-state index in [1.807, 2.05) is 13.8 Å². The summed E-state index contributed by atoms with van der Waals surface area (Å²) in [5.74, 6) is -1.12. The molecule has 98 valence electrons. The van der Waals surface area contributed by atoms with Crippen LogP contribution in [-0.2, 0) is 14.3 Å². The van der Waals surface area contributed by atoms with Crippen molar-refractivity contribution in [1.82, 2.24) is 4.90 Å². The Hall–Kier alpha value is -1.14. The second kappa shape index (κ2) is 5.97. The van der Waals surface area contributed by atoms with Crippen molar-refractivity contribution in [3.05, 3.63) is 0 Å². The van der Waals surface area contributed by atoms with E-state index in [1.165, 1.54) is 0 Å². The highest BCUT2D eigenvalue weighted by Gasteiger charge is 2.28. The van der Waals surface area contributed by atoms with Crippen molar-refractivity contribution in [2.45, 2.75) is 44.9 Å². The lowest BCUT2D eigenvalue weighted by atomic mass is 10.1. The van der Waals surface area contributed by atoms with E-state index in [-0.39, 0.29) is 31.0 Å². The first-order chi connectivity index (χ1) is 7.90. The number of carboxylic acids is 1. The Labute approximate surface area is 101 Å². The first-order valence-corrected chi connectivity index (χ1v) is 5.81. The highest BCUT2D eigenvalue weighted by molar-refractivity contribution is 5.82. The van der Waals surface area contributed by atoms with Gasteiger partial charge in [0, 0.05) is 19.5 Å². The average molecular weight is 244 g/mol. The summed E-state index contributed by atoms with van der Waals surface area (Å²) in [5, 5.41) is 8.54. The van der Waals surface area contributed by atoms with Crippen LogP contribution in [0.2, 0.25) is 0 Å². The molecule has 1 heterocycles. The molecule has 1 rings (SSSR count). The monoisotopic (exact) mass is 244 g/mol. The summed E-state index contributed by atoms with van der Waals surface area (Å²) in [6, 6.07) is -0.733. The van der Waals surface area contributed by atoms with Crippen molar-refractivity contribution in [3.8, 4) is 0 Å². The van der Waals surface area contributed by atoms with Crippen molar-refractivity contribution in [2.75, 3.05) is 13.1 Å². The maximum atomic E-state index is 12.0. The van der Waals surface area contributed by atoms with Crippen LogP contribution in [0, 0.1) is 0 Å². The van der Waals surface area contributed by atoms with Crippen LogP contribution < -0.4 is 5.73 Å². The number of amides is 1. The summed E-state index contributed by atoms with van der Waals surface area (Å²) < 4.78 is 5.52. The molecule has 0 aliphatic carbocycles. The first-order valence-electron chi connectivity index (χ1n) is 5.81. The third-order valence-electron chi connectivity index (χ3n) is 2.72. The van der Waals surface area contributed by atoms with Crippen LogP contribution in [0.1, 0.15) is 26.7 Å². The molecule has 1 fully saturated rings. The van der Waals surface area contributed by atoms with Gasteiger partial charge in [-0.2, -0.15) is 0 Å². The smallest absolute Gasteiger partial charge is 0.303 e. The Balaban J connectivity index is 2.47. The summed E-state index contributed by atoms with van der Waals surface area (Å²) in [5.41, 5.74) is 5.69. The number of nitrogens with two attached hydrogens (primary N) is 1. The van der Waals surface area contributed by atoms with Crippen molar-refractivity contribution < 1.29 is 19.4 Å². The summed E-state index contributed by atoms with van der Waals surface area (Å²) in [4.78, 5) is 24.0. The molecule has 17 heavy (non-hydrogen) atoms. The number of hydrogen-bond donors (Lipinski definition) is 2. The van der Waals surface area contributed by atoms with E-state index in [0.717, 1.165) is 0 Å². The van der Waals surface area contributed by atoms with Gasteiger partial charge >= 0.3 is 5.97 Å². The maximum Gasteiger partial charge on any atom is 0.303 e. The van der Waals surface area contributed by atoms with Crippen LogP contribution in [0.3, 0.4) is 0 Å². The molecule has 3 atom stereocenters. The number of ether oxygens (including phenoxy) is 1. The molecular weight excluding hydrogens is 224 g/mol. The van der Waals surface area contributed by atoms with Gasteiger partial charge in [-0.3, -0.25) is 9.59 Å². The minimum absolute atomic E-state index is 0.00521. The highest BCUT2D eigenvalue weighted by Crippen LogP contribution is 2.12. The highest BCUT2D eigenvalue weighted by atomic mass is 16.5. The fourth-order valence-electron chi connectivity index (χ4n) is 1.99. The quantitative estimate of drug-likeness (QED) is 0.715. The molecule has 1 aliphatic heterocycles. The number of carboxylic acid groups (broad SMARTS) is 1. The summed E-state index contributed by atoms with van der Waals surface area (Å²) in [6.07, 6.45) is 0.0835. The normalized spacial score (nSPS) is 26.6. The number of rotatable bonds is 4. The fourth-order valence-corrected chi connectivity index (χ4v) is 1.99. The van der Waals surface area contributed by atoms with Gasteiger partial charge in [0.25, 0.3) is 0 Å². The molecule has 3 N–H and O–H groups in total. The van der Waals surface area contributed by atoms with Gasteiger partial charge in [-0.1, -0.05) is 0 Å². The van der Waals surface area contributed by atoms with Gasteiger partial charge in [-0.15, -0.1) is 0 Å². The van der Waals surface area contributed by atoms with E-state index >= 15 is 0 Å². The van der Waals surface area contributed by atoms with Gasteiger partial charge in [-0.05, 0) is 20.3 Å². The average Bonchev–Trinajstić information content (AvgIpc) is 2.23. The standard InChI is InChI=1S/C11H20N2O4/c1-7-5-13(6-8(2)17-7)11(16)9(12)3-4-10(14)15/h7-9H,3-6,12H2,1-2H3,(H,14,15). The number of carbonyl (C=O) groups is 2. The van der Waals surface area contributed by atoms with Gasteiger partial charge < -0.3 is 20.5 Å². The lowest BCUT2D eigenvalue weighted by Gasteiger charge is -2.36. The van der Waals surface area contributed by atoms with Crippen molar-refractivity contribution in [1.29, 1.82) is 0 Å². The Morgan fingerprint density at radius 2 is 1.94 bits per heavy atom.